The first-order valence-electron chi connectivity index (χ1n) is 11.4. The Morgan fingerprint density at radius 1 is 0.946 bits per heavy atom. The van der Waals surface area contributed by atoms with Gasteiger partial charge < -0.3 is 24.1 Å². The molecule has 0 saturated carbocycles. The number of amides is 1. The molecular formula is C28H26FNO7. The van der Waals surface area contributed by atoms with E-state index in [9.17, 15) is 19.1 Å². The van der Waals surface area contributed by atoms with Gasteiger partial charge in [-0.25, -0.2) is 4.39 Å². The summed E-state index contributed by atoms with van der Waals surface area (Å²) in [6.07, 6.45) is 0. The summed E-state index contributed by atoms with van der Waals surface area (Å²) < 4.78 is 36.1. The quantitative estimate of drug-likeness (QED) is 0.264. The number of aliphatic hydroxyl groups excluding tert-OH is 1. The molecule has 1 fully saturated rings. The lowest BCUT2D eigenvalue weighted by atomic mass is 9.94. The molecule has 9 heteroatoms. The molecule has 0 aromatic heterocycles. The van der Waals surface area contributed by atoms with Crippen LogP contribution >= 0.6 is 0 Å². The highest BCUT2D eigenvalue weighted by Gasteiger charge is 2.47. The van der Waals surface area contributed by atoms with Crippen LogP contribution in [0.3, 0.4) is 0 Å². The van der Waals surface area contributed by atoms with Gasteiger partial charge in [-0.05, 0) is 55.0 Å². The highest BCUT2D eigenvalue weighted by atomic mass is 19.1. The van der Waals surface area contributed by atoms with Crippen molar-refractivity contribution in [1.82, 2.24) is 0 Å². The molecule has 0 radical (unpaired) electrons. The maximum atomic E-state index is 14.2. The van der Waals surface area contributed by atoms with Crippen LogP contribution in [0.25, 0.3) is 5.76 Å². The third kappa shape index (κ3) is 4.67. The van der Waals surface area contributed by atoms with E-state index < -0.39 is 29.3 Å². The van der Waals surface area contributed by atoms with Crippen molar-refractivity contribution in [2.45, 2.75) is 13.0 Å². The van der Waals surface area contributed by atoms with E-state index in [2.05, 4.69) is 0 Å². The maximum absolute atomic E-state index is 14.2. The summed E-state index contributed by atoms with van der Waals surface area (Å²) in [4.78, 5) is 27.9. The summed E-state index contributed by atoms with van der Waals surface area (Å²) in [7, 11) is 4.32. The first-order valence-corrected chi connectivity index (χ1v) is 11.4. The van der Waals surface area contributed by atoms with Gasteiger partial charge in [-0.15, -0.1) is 0 Å². The van der Waals surface area contributed by atoms with Crippen LogP contribution < -0.4 is 23.8 Å². The zero-order valence-electron chi connectivity index (χ0n) is 20.8. The number of ether oxygens (including phenoxy) is 4. The number of ketones is 1. The Labute approximate surface area is 213 Å². The fourth-order valence-corrected chi connectivity index (χ4v) is 4.35. The number of Topliss-reactive ketones (excluding diaryl/α,β-unsaturated/α-hetero) is 1. The van der Waals surface area contributed by atoms with Crippen molar-refractivity contribution < 1.29 is 38.0 Å². The summed E-state index contributed by atoms with van der Waals surface area (Å²) in [5, 5.41) is 11.4. The Kier molecular flexibility index (Phi) is 7.33. The zero-order chi connectivity index (χ0) is 26.7. The van der Waals surface area contributed by atoms with Crippen LogP contribution in [0.4, 0.5) is 10.1 Å². The Morgan fingerprint density at radius 2 is 1.62 bits per heavy atom. The van der Waals surface area contributed by atoms with Crippen LogP contribution in [0.5, 0.6) is 23.0 Å². The number of aliphatic hydroxyl groups is 1. The van der Waals surface area contributed by atoms with Crippen molar-refractivity contribution in [3.05, 3.63) is 83.2 Å². The van der Waals surface area contributed by atoms with Crippen molar-refractivity contribution in [2.24, 2.45) is 0 Å². The average molecular weight is 508 g/mol. The van der Waals surface area contributed by atoms with Gasteiger partial charge in [-0.2, -0.15) is 0 Å². The minimum absolute atomic E-state index is 0.142. The lowest BCUT2D eigenvalue weighted by Gasteiger charge is -2.26. The van der Waals surface area contributed by atoms with E-state index in [-0.39, 0.29) is 28.3 Å². The molecule has 0 aliphatic carbocycles. The molecular weight excluding hydrogens is 481 g/mol. The molecule has 1 aliphatic rings. The molecule has 0 spiro atoms. The molecule has 1 N–H and O–H groups in total. The molecule has 1 amide bonds. The lowest BCUT2D eigenvalue weighted by Crippen LogP contribution is -2.29. The average Bonchev–Trinajstić information content (AvgIpc) is 3.17. The van der Waals surface area contributed by atoms with E-state index in [1.807, 2.05) is 6.92 Å². The molecule has 3 aromatic rings. The number of rotatable bonds is 8. The van der Waals surface area contributed by atoms with E-state index in [1.54, 1.807) is 36.4 Å². The predicted molar refractivity (Wildman–Crippen MR) is 135 cm³/mol. The van der Waals surface area contributed by atoms with Gasteiger partial charge in [0, 0.05) is 11.3 Å². The van der Waals surface area contributed by atoms with Gasteiger partial charge in [-0.3, -0.25) is 14.5 Å². The van der Waals surface area contributed by atoms with Crippen molar-refractivity contribution in [1.29, 1.82) is 0 Å². The molecule has 0 bridgehead atoms. The number of anilines is 1. The molecule has 1 heterocycles. The summed E-state index contributed by atoms with van der Waals surface area (Å²) in [6.45, 7) is 2.22. The first-order chi connectivity index (χ1) is 17.8. The predicted octanol–water partition coefficient (Wildman–Crippen LogP) is 4.88. The van der Waals surface area contributed by atoms with E-state index in [0.29, 0.717) is 23.7 Å². The van der Waals surface area contributed by atoms with Crippen LogP contribution in [0, 0.1) is 5.82 Å². The number of carbonyl (C=O) groups excluding carboxylic acids is 2. The van der Waals surface area contributed by atoms with Gasteiger partial charge in [0.05, 0.1) is 39.6 Å². The highest BCUT2D eigenvalue weighted by Crippen LogP contribution is 2.47. The van der Waals surface area contributed by atoms with Crippen molar-refractivity contribution in [3.63, 3.8) is 0 Å². The summed E-state index contributed by atoms with van der Waals surface area (Å²) in [6, 6.07) is 13.9. The molecule has 1 aliphatic heterocycles. The fraction of sp³-hybridized carbons (Fsp3) is 0.214. The molecule has 8 nitrogen and oxygen atoms in total. The Balaban J connectivity index is 2.00. The van der Waals surface area contributed by atoms with Crippen LogP contribution in [0.15, 0.2) is 66.2 Å². The van der Waals surface area contributed by atoms with Crippen LogP contribution in [0.1, 0.15) is 24.1 Å². The van der Waals surface area contributed by atoms with Gasteiger partial charge in [0.1, 0.15) is 17.3 Å². The number of hydrogen-bond acceptors (Lipinski definition) is 7. The van der Waals surface area contributed by atoms with E-state index >= 15 is 0 Å². The van der Waals surface area contributed by atoms with Crippen LogP contribution in [-0.4, -0.2) is 44.7 Å². The lowest BCUT2D eigenvalue weighted by molar-refractivity contribution is -0.132. The topological polar surface area (TPSA) is 94.5 Å². The van der Waals surface area contributed by atoms with Crippen molar-refractivity contribution in [2.75, 3.05) is 32.8 Å². The van der Waals surface area contributed by atoms with Gasteiger partial charge in [-0.1, -0.05) is 18.2 Å². The Bertz CT molecular complexity index is 1360. The van der Waals surface area contributed by atoms with Gasteiger partial charge in [0.25, 0.3) is 11.7 Å². The Hall–Kier alpha value is -4.53. The van der Waals surface area contributed by atoms with E-state index in [0.717, 1.165) is 11.0 Å². The zero-order valence-corrected chi connectivity index (χ0v) is 20.8. The minimum Gasteiger partial charge on any atom is -0.507 e. The largest absolute Gasteiger partial charge is 0.507 e. The minimum atomic E-state index is -1.13. The maximum Gasteiger partial charge on any atom is 0.300 e. The number of halogens is 1. The van der Waals surface area contributed by atoms with Gasteiger partial charge in [0.2, 0.25) is 5.75 Å². The number of methoxy groups -OCH3 is 3. The normalized spacial score (nSPS) is 16.6. The second kappa shape index (κ2) is 10.6. The Morgan fingerprint density at radius 3 is 2.22 bits per heavy atom. The summed E-state index contributed by atoms with van der Waals surface area (Å²) in [5.74, 6) is -1.50. The highest BCUT2D eigenvalue weighted by molar-refractivity contribution is 6.51. The van der Waals surface area contributed by atoms with Gasteiger partial charge >= 0.3 is 0 Å². The molecule has 192 valence electrons. The van der Waals surface area contributed by atoms with Crippen LogP contribution in [-0.2, 0) is 9.59 Å². The third-order valence-electron chi connectivity index (χ3n) is 5.95. The second-order valence-corrected chi connectivity index (χ2v) is 8.07. The molecule has 4 rings (SSSR count). The third-order valence-corrected chi connectivity index (χ3v) is 5.95. The van der Waals surface area contributed by atoms with E-state index in [4.69, 9.17) is 18.9 Å². The van der Waals surface area contributed by atoms with Crippen molar-refractivity contribution in [3.8, 4) is 23.0 Å². The standard InChI is InChI=1S/C28H26FNO7/c1-5-37-20-11-6-8-16(12-20)25(31)23-24(17-13-21(34-2)27(36-4)22(14-17)35-3)30(28(33)26(23)32)19-10-7-9-18(29)15-19/h6-15,24,31H,5H2,1-4H3/b25-23+. The first kappa shape index (κ1) is 25.6. The molecule has 37 heavy (non-hydrogen) atoms. The van der Waals surface area contributed by atoms with E-state index in [1.165, 1.54) is 39.5 Å². The van der Waals surface area contributed by atoms with Gasteiger partial charge in [0.15, 0.2) is 11.5 Å². The summed E-state index contributed by atoms with van der Waals surface area (Å²) in [5.41, 5.74) is 0.612. The fourth-order valence-electron chi connectivity index (χ4n) is 4.35. The number of benzene rings is 3. The van der Waals surface area contributed by atoms with Crippen molar-refractivity contribution >= 4 is 23.1 Å². The molecule has 1 atom stereocenters. The number of hydrogen-bond donors (Lipinski definition) is 1. The molecule has 3 aromatic carbocycles. The SMILES string of the molecule is CCOc1cccc(/C(O)=C2\C(=O)C(=O)N(c3cccc(F)c3)C2c2cc(OC)c(OC)c(OC)c2)c1. The number of carbonyl (C=O) groups is 2. The smallest absolute Gasteiger partial charge is 0.300 e. The number of nitrogens with zero attached hydrogens (tertiary/aromatic N) is 1. The molecule has 1 saturated heterocycles. The summed E-state index contributed by atoms with van der Waals surface area (Å²) >= 11 is 0. The van der Waals surface area contributed by atoms with Crippen LogP contribution in [0.2, 0.25) is 0 Å². The molecule has 1 unspecified atom stereocenters. The monoisotopic (exact) mass is 507 g/mol. The second-order valence-electron chi connectivity index (χ2n) is 8.07.